The largest absolute Gasteiger partial charge is 0.396 e. The van der Waals surface area contributed by atoms with Gasteiger partial charge in [0.2, 0.25) is 5.91 Å². The molecule has 7 nitrogen and oxygen atoms in total. The Labute approximate surface area is 192 Å². The molecule has 0 radical (unpaired) electrons. The van der Waals surface area contributed by atoms with E-state index in [-0.39, 0.29) is 29.8 Å². The second-order valence-corrected chi connectivity index (χ2v) is 11.4. The van der Waals surface area contributed by atoms with E-state index in [0.29, 0.717) is 18.9 Å². The van der Waals surface area contributed by atoms with Crippen LogP contribution in [0, 0.1) is 16.7 Å². The van der Waals surface area contributed by atoms with Crippen LogP contribution in [0.15, 0.2) is 24.5 Å². The zero-order valence-electron chi connectivity index (χ0n) is 18.7. The summed E-state index contributed by atoms with van der Waals surface area (Å²) in [4.78, 5) is 23.2. The summed E-state index contributed by atoms with van der Waals surface area (Å²) in [6.07, 6.45) is 7.67. The number of amides is 1. The summed E-state index contributed by atoms with van der Waals surface area (Å²) in [5.74, 6) is 0.104. The van der Waals surface area contributed by atoms with Crippen molar-refractivity contribution in [1.82, 2.24) is 15.3 Å². The van der Waals surface area contributed by atoms with Crippen molar-refractivity contribution < 1.29 is 15.0 Å². The van der Waals surface area contributed by atoms with Gasteiger partial charge in [-0.25, -0.2) is 4.98 Å². The molecule has 0 aliphatic heterocycles. The predicted octanol–water partition coefficient (Wildman–Crippen LogP) is 3.37. The molecule has 1 amide bonds. The lowest BCUT2D eigenvalue weighted by Crippen LogP contribution is -2.57. The molecule has 0 aromatic carbocycles. The van der Waals surface area contributed by atoms with E-state index in [2.05, 4.69) is 22.5 Å². The van der Waals surface area contributed by atoms with Crippen molar-refractivity contribution in [3.63, 3.8) is 0 Å². The molecule has 2 aromatic rings. The number of nitrogens with zero attached hydrogens (tertiary/aromatic N) is 2. The van der Waals surface area contributed by atoms with Crippen molar-refractivity contribution in [3.05, 3.63) is 35.1 Å². The number of nitrogens with one attached hydrogen (secondary N) is 2. The van der Waals surface area contributed by atoms with Gasteiger partial charge < -0.3 is 20.8 Å². The Morgan fingerprint density at radius 3 is 2.81 bits per heavy atom. The van der Waals surface area contributed by atoms with E-state index in [1.807, 2.05) is 19.1 Å². The maximum Gasteiger partial charge on any atom is 0.220 e. The van der Waals surface area contributed by atoms with Gasteiger partial charge in [-0.2, -0.15) is 0 Å². The molecule has 3 aliphatic rings. The highest BCUT2D eigenvalue weighted by Gasteiger charge is 2.59. The molecule has 2 heterocycles. The van der Waals surface area contributed by atoms with Crippen molar-refractivity contribution >= 4 is 28.1 Å². The second kappa shape index (κ2) is 8.08. The fourth-order valence-corrected chi connectivity index (χ4v) is 7.05. The number of pyridine rings is 1. The second-order valence-electron chi connectivity index (χ2n) is 10.3. The molecule has 5 atom stereocenters. The normalized spacial score (nSPS) is 33.8. The summed E-state index contributed by atoms with van der Waals surface area (Å²) < 4.78 is 0. The van der Waals surface area contributed by atoms with Crippen LogP contribution in [-0.4, -0.2) is 44.8 Å². The number of aromatic nitrogens is 2. The summed E-state index contributed by atoms with van der Waals surface area (Å²) in [7, 11) is 0. The molecular formula is C24H32N4O3S. The predicted molar refractivity (Wildman–Crippen MR) is 124 cm³/mol. The molecule has 32 heavy (non-hydrogen) atoms. The van der Waals surface area contributed by atoms with Gasteiger partial charge in [0.25, 0.3) is 0 Å². The molecule has 3 aliphatic carbocycles. The van der Waals surface area contributed by atoms with Crippen LogP contribution in [0.4, 0.5) is 10.8 Å². The summed E-state index contributed by atoms with van der Waals surface area (Å²) in [6, 6.07) is 4.15. The molecule has 0 saturated heterocycles. The third-order valence-corrected chi connectivity index (χ3v) is 9.15. The molecule has 0 unspecified atom stereocenters. The Morgan fingerprint density at radius 1 is 1.31 bits per heavy atom. The molecule has 4 N–H and O–H groups in total. The van der Waals surface area contributed by atoms with Crippen molar-refractivity contribution in [2.45, 2.75) is 70.4 Å². The van der Waals surface area contributed by atoms with Crippen LogP contribution in [0.3, 0.4) is 0 Å². The summed E-state index contributed by atoms with van der Waals surface area (Å²) in [5.41, 5.74) is 1.06. The van der Waals surface area contributed by atoms with Crippen LogP contribution in [0.25, 0.3) is 0 Å². The Balaban J connectivity index is 1.52. The number of carbonyl (C=O) groups is 1. The number of hydrogen-bond donors (Lipinski definition) is 4. The van der Waals surface area contributed by atoms with Crippen LogP contribution in [0.1, 0.15) is 62.4 Å². The van der Waals surface area contributed by atoms with Gasteiger partial charge in [0.15, 0.2) is 5.13 Å². The first kappa shape index (κ1) is 21.8. The molecule has 172 valence electrons. The van der Waals surface area contributed by atoms with Gasteiger partial charge in [-0.1, -0.05) is 13.8 Å². The average molecular weight is 457 g/mol. The number of aliphatic hydroxyl groups is 2. The third-order valence-electron chi connectivity index (χ3n) is 8.14. The van der Waals surface area contributed by atoms with Gasteiger partial charge in [0.05, 0.1) is 30.3 Å². The van der Waals surface area contributed by atoms with Crippen molar-refractivity contribution in [2.24, 2.45) is 16.7 Å². The number of rotatable bonds is 6. The zero-order chi connectivity index (χ0) is 22.5. The van der Waals surface area contributed by atoms with E-state index in [9.17, 15) is 15.0 Å². The van der Waals surface area contributed by atoms with Gasteiger partial charge in [-0.05, 0) is 55.6 Å². The smallest absolute Gasteiger partial charge is 0.220 e. The molecule has 5 rings (SSSR count). The van der Waals surface area contributed by atoms with Gasteiger partial charge in [-0.15, -0.1) is 11.3 Å². The van der Waals surface area contributed by atoms with Crippen LogP contribution in [0.5, 0.6) is 0 Å². The lowest BCUT2D eigenvalue weighted by molar-refractivity contribution is -0.144. The molecule has 2 fully saturated rings. The SMILES string of the molecule is C[C@]1(CO)[C@H]2Cc3sc(Nc4cccnc4)nc3[C@@H](CC(=O)NC3CC3)[C@]2(C)CC[C@H]1O. The van der Waals surface area contributed by atoms with E-state index < -0.39 is 11.5 Å². The van der Waals surface area contributed by atoms with Crippen LogP contribution < -0.4 is 10.6 Å². The van der Waals surface area contributed by atoms with Gasteiger partial charge in [0, 0.05) is 34.9 Å². The van der Waals surface area contributed by atoms with E-state index in [4.69, 9.17) is 4.98 Å². The highest BCUT2D eigenvalue weighted by molar-refractivity contribution is 7.15. The number of thiazole rings is 1. The summed E-state index contributed by atoms with van der Waals surface area (Å²) in [6.45, 7) is 4.18. The minimum atomic E-state index is -0.600. The van der Waals surface area contributed by atoms with Crippen molar-refractivity contribution in [1.29, 1.82) is 0 Å². The maximum absolute atomic E-state index is 12.9. The fraction of sp³-hybridized carbons (Fsp3) is 0.625. The van der Waals surface area contributed by atoms with Crippen LogP contribution in [0.2, 0.25) is 0 Å². The van der Waals surface area contributed by atoms with E-state index in [1.165, 1.54) is 0 Å². The fourth-order valence-electron chi connectivity index (χ4n) is 5.96. The van der Waals surface area contributed by atoms with Crippen molar-refractivity contribution in [3.8, 4) is 0 Å². The Morgan fingerprint density at radius 2 is 2.12 bits per heavy atom. The standard InChI is InChI=1S/C24H32N4O3S/c1-23-8-7-19(30)24(2,13-29)18(23)11-17-21(16(23)10-20(31)26-14-5-6-14)28-22(32-17)27-15-4-3-9-25-12-15/h3-4,9,12,14,16,18-19,29-30H,5-8,10-11,13H2,1-2H3,(H,26,31)(H,27,28)/t16-,18+,19-,23+,24+/m1/s1. The van der Waals surface area contributed by atoms with Gasteiger partial charge >= 0.3 is 0 Å². The molecule has 2 aromatic heterocycles. The Bertz CT molecular complexity index is 994. The van der Waals surface area contributed by atoms with E-state index in [1.54, 1.807) is 23.7 Å². The molecule has 2 saturated carbocycles. The average Bonchev–Trinajstić information content (AvgIpc) is 3.50. The monoisotopic (exact) mass is 456 g/mol. The lowest BCUT2D eigenvalue weighted by atomic mass is 9.47. The third kappa shape index (κ3) is 3.72. The quantitative estimate of drug-likeness (QED) is 0.531. The first-order chi connectivity index (χ1) is 15.3. The topological polar surface area (TPSA) is 107 Å². The summed E-state index contributed by atoms with van der Waals surface area (Å²) >= 11 is 1.61. The number of fused-ring (bicyclic) bond motifs is 2. The van der Waals surface area contributed by atoms with Crippen molar-refractivity contribution in [2.75, 3.05) is 11.9 Å². The lowest BCUT2D eigenvalue weighted by Gasteiger charge is -2.58. The molecular weight excluding hydrogens is 424 g/mol. The number of carbonyl (C=O) groups excluding carboxylic acids is 1. The van der Waals surface area contributed by atoms with Crippen LogP contribution in [-0.2, 0) is 11.2 Å². The van der Waals surface area contributed by atoms with Gasteiger partial charge in [0.1, 0.15) is 0 Å². The molecule has 0 spiro atoms. The van der Waals surface area contributed by atoms with Gasteiger partial charge in [-0.3, -0.25) is 9.78 Å². The zero-order valence-corrected chi connectivity index (χ0v) is 19.5. The number of aliphatic hydroxyl groups excluding tert-OH is 2. The Kier molecular flexibility index (Phi) is 5.50. The van der Waals surface area contributed by atoms with E-state index >= 15 is 0 Å². The number of hydrogen-bond acceptors (Lipinski definition) is 7. The molecule has 8 heteroatoms. The Hall–Kier alpha value is -2.03. The minimum Gasteiger partial charge on any atom is -0.396 e. The minimum absolute atomic E-state index is 0.0472. The summed E-state index contributed by atoms with van der Waals surface area (Å²) in [5, 5.41) is 28.5. The first-order valence-electron chi connectivity index (χ1n) is 11.6. The highest BCUT2D eigenvalue weighted by atomic mass is 32.1. The number of anilines is 2. The highest BCUT2D eigenvalue weighted by Crippen LogP contribution is 2.62. The molecule has 0 bridgehead atoms. The first-order valence-corrected chi connectivity index (χ1v) is 12.4. The van der Waals surface area contributed by atoms with E-state index in [0.717, 1.165) is 47.1 Å². The van der Waals surface area contributed by atoms with Crippen LogP contribution >= 0.6 is 11.3 Å². The maximum atomic E-state index is 12.9.